The molecule has 0 atom stereocenters. The van der Waals surface area contributed by atoms with E-state index in [9.17, 15) is 0 Å². The minimum absolute atomic E-state index is 0.450. The van der Waals surface area contributed by atoms with Crippen LogP contribution < -0.4 is 0 Å². The first kappa shape index (κ1) is 13.6. The van der Waals surface area contributed by atoms with E-state index in [1.165, 1.54) is 30.6 Å². The smallest absolute Gasteiger partial charge is 0.0970 e. The summed E-state index contributed by atoms with van der Waals surface area (Å²) in [5.74, 6) is 0.773. The molecular weight excluding hydrogens is 216 g/mol. The lowest BCUT2D eigenvalue weighted by molar-refractivity contribution is 0.0751. The highest BCUT2D eigenvalue weighted by Crippen LogP contribution is 2.19. The first-order valence-electron chi connectivity index (χ1n) is 6.16. The topological polar surface area (TPSA) is 9.23 Å². The second-order valence-corrected chi connectivity index (χ2v) is 4.94. The van der Waals surface area contributed by atoms with E-state index in [2.05, 4.69) is 38.1 Å². The zero-order chi connectivity index (χ0) is 11.6. The van der Waals surface area contributed by atoms with Crippen molar-refractivity contribution < 1.29 is 4.74 Å². The van der Waals surface area contributed by atoms with Gasteiger partial charge in [0.2, 0.25) is 0 Å². The lowest BCUT2D eigenvalue weighted by atomic mass is 10.1. The van der Waals surface area contributed by atoms with Gasteiger partial charge in [-0.1, -0.05) is 56.7 Å². The fraction of sp³-hybridized carbons (Fsp3) is 0.571. The van der Waals surface area contributed by atoms with Crippen molar-refractivity contribution in [3.05, 3.63) is 30.3 Å². The Labute approximate surface area is 104 Å². The first-order chi connectivity index (χ1) is 7.86. The van der Waals surface area contributed by atoms with Gasteiger partial charge in [-0.15, -0.1) is 0 Å². The Morgan fingerprint density at radius 2 is 1.69 bits per heavy atom. The van der Waals surface area contributed by atoms with Crippen LogP contribution in [0.15, 0.2) is 35.2 Å². The molecule has 0 aliphatic heterocycles. The molecule has 0 heterocycles. The molecule has 0 N–H and O–H groups in total. The summed E-state index contributed by atoms with van der Waals surface area (Å²) in [7, 11) is 0. The maximum absolute atomic E-state index is 5.89. The Hall–Kier alpha value is -0.470. The maximum Gasteiger partial charge on any atom is 0.0970 e. The van der Waals surface area contributed by atoms with Gasteiger partial charge in [-0.25, -0.2) is 0 Å². The van der Waals surface area contributed by atoms with Crippen LogP contribution in [-0.2, 0) is 4.74 Å². The average Bonchev–Trinajstić information content (AvgIpc) is 2.31. The Kier molecular flexibility index (Phi) is 7.35. The van der Waals surface area contributed by atoms with Crippen LogP contribution in [0.4, 0.5) is 0 Å². The molecule has 1 aromatic carbocycles. The predicted molar refractivity (Wildman–Crippen MR) is 71.9 cm³/mol. The molecule has 0 amide bonds. The Balaban J connectivity index is 2.22. The molecule has 1 rings (SSSR count). The lowest BCUT2D eigenvalue weighted by Gasteiger charge is -2.15. The number of hydrogen-bond donors (Lipinski definition) is 0. The van der Waals surface area contributed by atoms with Gasteiger partial charge in [0.05, 0.1) is 12.0 Å². The summed E-state index contributed by atoms with van der Waals surface area (Å²) < 4.78 is 5.89. The second-order valence-electron chi connectivity index (χ2n) is 3.94. The van der Waals surface area contributed by atoms with Gasteiger partial charge in [0, 0.05) is 4.90 Å². The highest BCUT2D eigenvalue weighted by Gasteiger charge is 2.06. The largest absolute Gasteiger partial charge is 0.367 e. The Bertz CT molecular complexity index is 255. The fourth-order valence-corrected chi connectivity index (χ4v) is 2.42. The highest BCUT2D eigenvalue weighted by molar-refractivity contribution is 7.99. The van der Waals surface area contributed by atoms with E-state index in [0.29, 0.717) is 6.10 Å². The summed E-state index contributed by atoms with van der Waals surface area (Å²) in [6.07, 6.45) is 5.24. The van der Waals surface area contributed by atoms with Crippen molar-refractivity contribution in [2.75, 3.05) is 5.94 Å². The predicted octanol–water partition coefficient (Wildman–Crippen LogP) is 4.72. The van der Waals surface area contributed by atoms with Crippen molar-refractivity contribution in [2.24, 2.45) is 0 Å². The standard InChI is InChI=1S/C14H22OS/c1-3-8-13(9-4-2)15-12-16-14-10-6-5-7-11-14/h5-7,10-11,13H,3-4,8-9,12H2,1-2H3. The van der Waals surface area contributed by atoms with Gasteiger partial charge in [0.1, 0.15) is 0 Å². The molecule has 1 aromatic rings. The van der Waals surface area contributed by atoms with Crippen LogP contribution in [0.1, 0.15) is 39.5 Å². The van der Waals surface area contributed by atoms with E-state index >= 15 is 0 Å². The summed E-state index contributed by atoms with van der Waals surface area (Å²) in [6, 6.07) is 10.4. The van der Waals surface area contributed by atoms with Crippen molar-refractivity contribution in [1.82, 2.24) is 0 Å². The quantitative estimate of drug-likeness (QED) is 0.478. The van der Waals surface area contributed by atoms with Crippen LogP contribution >= 0.6 is 11.8 Å². The monoisotopic (exact) mass is 238 g/mol. The van der Waals surface area contributed by atoms with Gasteiger partial charge in [0.15, 0.2) is 0 Å². The molecule has 0 radical (unpaired) electrons. The zero-order valence-corrected chi connectivity index (χ0v) is 11.1. The van der Waals surface area contributed by atoms with Crippen molar-refractivity contribution in [1.29, 1.82) is 0 Å². The molecule has 0 aromatic heterocycles. The van der Waals surface area contributed by atoms with Crippen molar-refractivity contribution >= 4 is 11.8 Å². The molecule has 0 fully saturated rings. The molecule has 0 aliphatic rings. The van der Waals surface area contributed by atoms with E-state index in [1.54, 1.807) is 11.8 Å². The van der Waals surface area contributed by atoms with Crippen molar-refractivity contribution in [3.63, 3.8) is 0 Å². The van der Waals surface area contributed by atoms with E-state index < -0.39 is 0 Å². The number of thioether (sulfide) groups is 1. The summed E-state index contributed by atoms with van der Waals surface area (Å²) in [5.41, 5.74) is 0. The Morgan fingerprint density at radius 3 is 2.25 bits per heavy atom. The third kappa shape index (κ3) is 5.57. The normalized spacial score (nSPS) is 10.9. The number of rotatable bonds is 8. The van der Waals surface area contributed by atoms with Crippen molar-refractivity contribution in [2.45, 2.75) is 50.5 Å². The third-order valence-electron chi connectivity index (χ3n) is 2.49. The van der Waals surface area contributed by atoms with E-state index in [-0.39, 0.29) is 0 Å². The molecule has 16 heavy (non-hydrogen) atoms. The molecule has 0 spiro atoms. The molecular formula is C14H22OS. The molecule has 90 valence electrons. The van der Waals surface area contributed by atoms with Gasteiger partial charge >= 0.3 is 0 Å². The van der Waals surface area contributed by atoms with Gasteiger partial charge < -0.3 is 4.74 Å². The molecule has 0 saturated carbocycles. The van der Waals surface area contributed by atoms with Crippen LogP contribution in [0.3, 0.4) is 0 Å². The van der Waals surface area contributed by atoms with Gasteiger partial charge in [0.25, 0.3) is 0 Å². The molecule has 2 heteroatoms. The SMILES string of the molecule is CCCC(CCC)OCSc1ccccc1. The van der Waals surface area contributed by atoms with E-state index in [4.69, 9.17) is 4.74 Å². The van der Waals surface area contributed by atoms with E-state index in [0.717, 1.165) is 5.94 Å². The second kappa shape index (κ2) is 8.66. The first-order valence-corrected chi connectivity index (χ1v) is 7.14. The molecule has 0 aliphatic carbocycles. The summed E-state index contributed by atoms with van der Waals surface area (Å²) in [4.78, 5) is 1.29. The van der Waals surface area contributed by atoms with Crippen LogP contribution in [0.5, 0.6) is 0 Å². The third-order valence-corrected chi connectivity index (χ3v) is 3.35. The minimum atomic E-state index is 0.450. The number of benzene rings is 1. The average molecular weight is 238 g/mol. The maximum atomic E-state index is 5.89. The number of hydrogen-bond acceptors (Lipinski definition) is 2. The van der Waals surface area contributed by atoms with Crippen LogP contribution in [0.25, 0.3) is 0 Å². The summed E-state index contributed by atoms with van der Waals surface area (Å²) in [6.45, 7) is 4.44. The van der Waals surface area contributed by atoms with Crippen LogP contribution in [-0.4, -0.2) is 12.0 Å². The van der Waals surface area contributed by atoms with Gasteiger partial charge in [-0.3, -0.25) is 0 Å². The van der Waals surface area contributed by atoms with Crippen LogP contribution in [0, 0.1) is 0 Å². The highest BCUT2D eigenvalue weighted by atomic mass is 32.2. The lowest BCUT2D eigenvalue weighted by Crippen LogP contribution is -2.11. The molecule has 0 saturated heterocycles. The van der Waals surface area contributed by atoms with E-state index in [1.807, 2.05) is 6.07 Å². The zero-order valence-electron chi connectivity index (χ0n) is 10.3. The molecule has 1 nitrogen and oxygen atoms in total. The van der Waals surface area contributed by atoms with Crippen LogP contribution in [0.2, 0.25) is 0 Å². The van der Waals surface area contributed by atoms with Crippen molar-refractivity contribution in [3.8, 4) is 0 Å². The fourth-order valence-electron chi connectivity index (χ4n) is 1.67. The van der Waals surface area contributed by atoms with Gasteiger partial charge in [-0.2, -0.15) is 0 Å². The molecule has 0 bridgehead atoms. The molecule has 0 unspecified atom stereocenters. The Morgan fingerprint density at radius 1 is 1.06 bits per heavy atom. The van der Waals surface area contributed by atoms with Gasteiger partial charge in [-0.05, 0) is 25.0 Å². The minimum Gasteiger partial charge on any atom is -0.367 e. The summed E-state index contributed by atoms with van der Waals surface area (Å²) in [5, 5.41) is 0. The number of ether oxygens (including phenoxy) is 1. The summed E-state index contributed by atoms with van der Waals surface area (Å²) >= 11 is 1.78.